The summed E-state index contributed by atoms with van der Waals surface area (Å²) in [5, 5.41) is 97.6. The minimum atomic E-state index is -5.08. The van der Waals surface area contributed by atoms with Crippen LogP contribution in [0.1, 0.15) is 200 Å². The lowest BCUT2D eigenvalue weighted by molar-refractivity contribution is -0.192. The van der Waals surface area contributed by atoms with Crippen molar-refractivity contribution in [3.63, 3.8) is 0 Å². The average molecular weight is 1850 g/mol. The summed E-state index contributed by atoms with van der Waals surface area (Å²) >= 11 is 0. The topological polar surface area (TPSA) is 723 Å². The lowest BCUT2D eigenvalue weighted by Gasteiger charge is -2.30. The van der Waals surface area contributed by atoms with Gasteiger partial charge in [-0.3, -0.25) is 91.3 Å². The molecule has 0 aromatic carbocycles. The van der Waals surface area contributed by atoms with Gasteiger partial charge in [0.1, 0.15) is 84.6 Å². The van der Waals surface area contributed by atoms with Crippen LogP contribution >= 0.6 is 0 Å². The summed E-state index contributed by atoms with van der Waals surface area (Å²) in [4.78, 5) is 271. The zero-order chi connectivity index (χ0) is 98.8. The number of aliphatic hydroxyl groups is 2. The number of carboxylic acids is 4. The van der Waals surface area contributed by atoms with Gasteiger partial charge in [0.2, 0.25) is 94.5 Å². The minimum Gasteiger partial charge on any atom is -0.481 e. The lowest BCUT2D eigenvalue weighted by atomic mass is 9.96. The number of hydrogen-bond donors (Lipinski definition) is 24. The molecule has 0 radical (unpaired) electrons. The van der Waals surface area contributed by atoms with Crippen LogP contribution in [0.5, 0.6) is 0 Å². The minimum absolute atomic E-state index is 0.00360. The number of nitrogens with one attached hydrogen (secondary N) is 16. The maximum absolute atomic E-state index is 14.6. The van der Waals surface area contributed by atoms with E-state index in [1.54, 1.807) is 76.2 Å². The van der Waals surface area contributed by atoms with E-state index < -0.39 is 260 Å². The van der Waals surface area contributed by atoms with Crippen LogP contribution < -0.4 is 96.5 Å². The second-order valence-corrected chi connectivity index (χ2v) is 34.0. The number of amides is 16. The van der Waals surface area contributed by atoms with Gasteiger partial charge in [-0.25, -0.2) is 9.59 Å². The monoisotopic (exact) mass is 1850 g/mol. The summed E-state index contributed by atoms with van der Waals surface area (Å²) in [7, 11) is 0. The molecule has 129 heavy (non-hydrogen) atoms. The molecule has 2 aliphatic heterocycles. The quantitative estimate of drug-likeness (QED) is 0.0154. The van der Waals surface area contributed by atoms with Gasteiger partial charge in [0.05, 0.1) is 38.3 Å². The number of likely N-dealkylation sites (tertiary alicyclic amines) is 1. The standard InChI is InChI=1S/C78H134N20O24.C2HF3O2/c1-16-42(12)61(75(119)93-53(33-60(105)106)71(115)94-54(32-41(10)11)76(120)98-27-19-22-56(98)77(121)122)96-67(111)48(23-24-59(103)104)87-58(102)35-84-74(118)62(45(15)100)97-72(116)52(31-40(8)9)92-70(114)51(30-39(6)7)91-69(113)50(29-38(4)5)90-68(112)49(28-37(2)3)89-66(110)47(21-18-26-82-78(79)80)88-73(117)55(36-99)95-64(108)44(14)85-57(101)34-83-63(107)43(13)86-65(109)46-20-17-25-81-46;3-2(4,5)1(6)7/h37-56,61-62,81,99-100H,16-36H2,1-15H3,(H,83,107)(H,84,118)(H,85,101)(H,86,109)(H,87,102)(H,88,117)(H,89,110)(H,90,112)(H,91,113)(H,92,114)(H,93,119)(H,94,115)(H,95,108)(H,96,111)(H,97,116)(H,103,104)(H,105,106)(H,121,122)(H4,79,80,82);(H,6,7)/t42-,43-,44-,45+,46-,47-,48-,49-,50-,51-,52-,53-,54-,55-,56-,61-,62-;/m0./s1. The van der Waals surface area contributed by atoms with Gasteiger partial charge in [-0.2, -0.15) is 13.2 Å². The van der Waals surface area contributed by atoms with Gasteiger partial charge in [-0.15, -0.1) is 0 Å². The van der Waals surface area contributed by atoms with Gasteiger partial charge in [0.15, 0.2) is 5.96 Å². The van der Waals surface area contributed by atoms with Crippen LogP contribution in [0.15, 0.2) is 4.99 Å². The Labute approximate surface area is 745 Å². The molecule has 0 spiro atoms. The van der Waals surface area contributed by atoms with Crippen molar-refractivity contribution in [3.8, 4) is 0 Å². The number of halogens is 3. The zero-order valence-electron chi connectivity index (χ0n) is 75.6. The van der Waals surface area contributed by atoms with Gasteiger partial charge >= 0.3 is 30.1 Å². The number of rotatable bonds is 55. The Balaban J connectivity index is 0.0000114. The molecule has 2 heterocycles. The molecule has 17 atom stereocenters. The first-order chi connectivity index (χ1) is 59.9. The van der Waals surface area contributed by atoms with Crippen molar-refractivity contribution in [2.24, 2.45) is 52.0 Å². The first-order valence-electron chi connectivity index (χ1n) is 42.8. The summed E-state index contributed by atoms with van der Waals surface area (Å²) in [5.74, 6) is -24.6. The SMILES string of the molecule is CC[C@H](C)[C@H](NC(=O)[C@H](CCC(=O)O)NC(=O)CNC(=O)[C@@H](NC(=O)[C@H](CC(C)C)NC(=O)[C@H](CC(C)C)NC(=O)[C@H](CC(C)C)NC(=O)[C@H](CC(C)C)NC(=O)[C@H](CCCN=C(N)N)NC(=O)[C@H](CO)NC(=O)[C@H](C)NC(=O)CNC(=O)[C@H](C)NC(=O)[C@@H]1CCCN1)[C@@H](C)O)C(=O)N[C@@H](CC(=O)O)C(=O)N[C@@H](CC(C)C)C(=O)N1CCC[C@H]1C(=O)O.O=C(O)C(F)(F)F. The fourth-order valence-electron chi connectivity index (χ4n) is 13.2. The number of carbonyl (C=O) groups excluding carboxylic acids is 16. The summed E-state index contributed by atoms with van der Waals surface area (Å²) in [6.07, 6.45) is -7.48. The van der Waals surface area contributed by atoms with Crippen molar-refractivity contribution < 1.29 is 140 Å². The predicted molar refractivity (Wildman–Crippen MR) is 454 cm³/mol. The summed E-state index contributed by atoms with van der Waals surface area (Å²) in [6.45, 7) is 22.3. The third-order valence-electron chi connectivity index (χ3n) is 20.1. The van der Waals surface area contributed by atoms with Crippen LogP contribution in [0.2, 0.25) is 0 Å². The Bertz CT molecular complexity index is 3860. The van der Waals surface area contributed by atoms with Crippen LogP contribution in [-0.2, 0) is 95.9 Å². The smallest absolute Gasteiger partial charge is 0.481 e. The highest BCUT2D eigenvalue weighted by Gasteiger charge is 2.43. The largest absolute Gasteiger partial charge is 0.490 e. The molecule has 46 nitrogen and oxygen atoms in total. The van der Waals surface area contributed by atoms with E-state index in [0.29, 0.717) is 19.4 Å². The molecule has 2 fully saturated rings. The fraction of sp³-hybridized carbons (Fsp3) is 0.738. The van der Waals surface area contributed by atoms with Crippen LogP contribution in [0, 0.1) is 35.5 Å². The van der Waals surface area contributed by atoms with Crippen molar-refractivity contribution in [1.82, 2.24) is 90.0 Å². The first-order valence-corrected chi connectivity index (χ1v) is 42.8. The van der Waals surface area contributed by atoms with Gasteiger partial charge in [0.25, 0.3) is 0 Å². The fourth-order valence-corrected chi connectivity index (χ4v) is 13.2. The number of aliphatic carboxylic acids is 4. The van der Waals surface area contributed by atoms with E-state index in [1.165, 1.54) is 20.8 Å². The van der Waals surface area contributed by atoms with Crippen molar-refractivity contribution in [2.75, 3.05) is 39.3 Å². The van der Waals surface area contributed by atoms with Gasteiger partial charge < -0.3 is 132 Å². The number of aliphatic imine (C=N–C) groups is 1. The third-order valence-corrected chi connectivity index (χ3v) is 20.1. The van der Waals surface area contributed by atoms with Gasteiger partial charge in [0, 0.05) is 19.5 Å². The molecule has 2 saturated heterocycles. The number of hydrogen-bond acceptors (Lipinski definition) is 24. The third kappa shape index (κ3) is 44.3. The number of alkyl halides is 3. The first kappa shape index (κ1) is 115. The van der Waals surface area contributed by atoms with Crippen LogP contribution in [-0.4, -0.2) is 302 Å². The molecular formula is C80H135F3N20O26. The van der Waals surface area contributed by atoms with E-state index in [-0.39, 0.29) is 112 Å². The van der Waals surface area contributed by atoms with Crippen LogP contribution in [0.4, 0.5) is 13.2 Å². The molecule has 0 aromatic rings. The molecule has 49 heteroatoms. The molecule has 16 amide bonds. The maximum atomic E-state index is 14.6. The van der Waals surface area contributed by atoms with Crippen LogP contribution in [0.25, 0.3) is 0 Å². The number of carbonyl (C=O) groups is 20. The normalized spacial score (nSPS) is 17.1. The molecule has 0 bridgehead atoms. The molecule has 0 unspecified atom stereocenters. The number of guanidine groups is 1. The van der Waals surface area contributed by atoms with Gasteiger partial charge in [-0.05, 0) is 140 Å². The number of aliphatic hydroxyl groups excluding tert-OH is 2. The second kappa shape index (κ2) is 57.3. The highest BCUT2D eigenvalue weighted by molar-refractivity contribution is 6.01. The van der Waals surface area contributed by atoms with E-state index in [9.17, 15) is 130 Å². The van der Waals surface area contributed by atoms with E-state index in [4.69, 9.17) is 21.4 Å². The Morgan fingerprint density at radius 3 is 1.27 bits per heavy atom. The molecule has 732 valence electrons. The van der Waals surface area contributed by atoms with E-state index in [0.717, 1.165) is 18.2 Å². The van der Waals surface area contributed by atoms with Crippen molar-refractivity contribution >= 4 is 124 Å². The van der Waals surface area contributed by atoms with Crippen molar-refractivity contribution in [3.05, 3.63) is 0 Å². The van der Waals surface area contributed by atoms with Crippen LogP contribution in [0.3, 0.4) is 0 Å². The molecule has 0 saturated carbocycles. The van der Waals surface area contributed by atoms with Gasteiger partial charge in [-0.1, -0.05) is 89.5 Å². The predicted octanol–water partition coefficient (Wildman–Crippen LogP) is -4.94. The molecule has 0 aromatic heterocycles. The average Bonchev–Trinajstić information content (AvgIpc) is 1.15. The molecule has 26 N–H and O–H groups in total. The zero-order valence-corrected chi connectivity index (χ0v) is 75.6. The number of nitrogens with zero attached hydrogens (tertiary/aromatic N) is 2. The number of nitrogens with two attached hydrogens (primary N) is 2. The molecule has 0 aliphatic carbocycles. The lowest BCUT2D eigenvalue weighted by Crippen LogP contribution is -2.61. The molecule has 2 aliphatic rings. The Morgan fingerprint density at radius 1 is 0.450 bits per heavy atom. The second-order valence-electron chi connectivity index (χ2n) is 34.0. The maximum Gasteiger partial charge on any atom is 0.490 e. The van der Waals surface area contributed by atoms with E-state index in [2.05, 4.69) is 90.1 Å². The molecular weight excluding hydrogens is 1710 g/mol. The Kier molecular flexibility index (Phi) is 51.2. The highest BCUT2D eigenvalue weighted by Crippen LogP contribution is 2.22. The summed E-state index contributed by atoms with van der Waals surface area (Å²) in [5.41, 5.74) is 11.1. The highest BCUT2D eigenvalue weighted by atomic mass is 19.4. The summed E-state index contributed by atoms with van der Waals surface area (Å²) < 4.78 is 31.7. The van der Waals surface area contributed by atoms with Crippen molar-refractivity contribution in [2.45, 2.75) is 303 Å². The van der Waals surface area contributed by atoms with E-state index >= 15 is 0 Å². The summed E-state index contributed by atoms with van der Waals surface area (Å²) in [6, 6.07) is -21.3. The number of carboxylic acid groups (broad SMARTS) is 4. The Morgan fingerprint density at radius 2 is 0.845 bits per heavy atom. The van der Waals surface area contributed by atoms with E-state index in [1.807, 2.05) is 0 Å². The molecule has 2 rings (SSSR count). The Hall–Kier alpha value is -11.7. The van der Waals surface area contributed by atoms with Crippen molar-refractivity contribution in [1.29, 1.82) is 0 Å².